The van der Waals surface area contributed by atoms with Crippen molar-refractivity contribution in [3.63, 3.8) is 0 Å². The van der Waals surface area contributed by atoms with Crippen LogP contribution in [0.2, 0.25) is 0 Å². The molecule has 82 valence electrons. The zero-order chi connectivity index (χ0) is 11.1. The normalized spacial score (nSPS) is 15.6. The van der Waals surface area contributed by atoms with Crippen LogP contribution >= 0.6 is 57.3 Å². The molecule has 0 amide bonds. The van der Waals surface area contributed by atoms with Gasteiger partial charge in [0, 0.05) is 7.05 Å². The summed E-state index contributed by atoms with van der Waals surface area (Å²) in [5, 5.41) is 0. The number of halogens is 5. The number of hydrogen-bond donors (Lipinski definition) is 2. The molecule has 1 atom stereocenters. The number of phosphoric acid groups is 1. The molecule has 1 unspecified atom stereocenters. The Morgan fingerprint density at radius 3 is 1.85 bits per heavy atom. The van der Waals surface area contributed by atoms with E-state index in [1.807, 2.05) is 5.48 Å². The minimum atomic E-state index is -3.87. The van der Waals surface area contributed by atoms with Crippen molar-refractivity contribution in [1.82, 2.24) is 5.48 Å². The monoisotopic (exact) mass is 553 g/mol. The van der Waals surface area contributed by atoms with E-state index in [2.05, 4.69) is 24.5 Å². The Kier molecular flexibility index (Phi) is 12.1. The van der Waals surface area contributed by atoms with E-state index in [1.165, 1.54) is 7.05 Å². The standard InChI is InChI=1S/CH5BrNO4P.4ClH.Pb/c1-3-7-8(4,5)6-2;;;;;/h3H,1H3,(H,4,5);4*1H;/q;;;;;+4/p-4. The van der Waals surface area contributed by atoms with Crippen LogP contribution in [0.5, 0.6) is 0 Å². The van der Waals surface area contributed by atoms with E-state index in [9.17, 15) is 4.57 Å². The molecule has 0 spiro atoms. The quantitative estimate of drug-likeness (QED) is 0.319. The van der Waals surface area contributed by atoms with Crippen molar-refractivity contribution in [2.75, 3.05) is 7.05 Å². The maximum absolute atomic E-state index is 10.2. The first-order chi connectivity index (χ1) is 5.62. The average molecular weight is 555 g/mol. The molecule has 13 heavy (non-hydrogen) atoms. The van der Waals surface area contributed by atoms with E-state index in [1.54, 1.807) is 0 Å². The van der Waals surface area contributed by atoms with E-state index in [-0.39, 0.29) is 0 Å². The molecular formula is CH5BrCl4NO4PPb. The Morgan fingerprint density at radius 1 is 1.46 bits per heavy atom. The summed E-state index contributed by atoms with van der Waals surface area (Å²) in [6.07, 6.45) is 0. The molecule has 0 aliphatic rings. The average Bonchev–Trinajstić information content (AvgIpc) is 1.84. The molecule has 2 N–H and O–H groups in total. The Balaban J connectivity index is 0. The van der Waals surface area contributed by atoms with Crippen LogP contribution in [-0.4, -0.2) is 28.2 Å². The SMILES string of the molecule is CNOP(=O)(O)OBr.[Cl][Pb]([Cl])([Cl])[Cl]. The van der Waals surface area contributed by atoms with Gasteiger partial charge >= 0.3 is 57.4 Å². The Labute approximate surface area is 103 Å². The van der Waals surface area contributed by atoms with E-state index in [4.69, 9.17) is 38.2 Å². The van der Waals surface area contributed by atoms with Crippen molar-refractivity contribution in [2.24, 2.45) is 0 Å². The van der Waals surface area contributed by atoms with Crippen molar-refractivity contribution >= 4 is 73.6 Å². The number of hydrogen-bond acceptors (Lipinski definition) is 4. The van der Waals surface area contributed by atoms with Crippen molar-refractivity contribution < 1.29 is 17.7 Å². The van der Waals surface area contributed by atoms with E-state index in [0.717, 1.165) is 0 Å². The summed E-state index contributed by atoms with van der Waals surface area (Å²) < 4.78 is 18.0. The molecule has 12 heteroatoms. The van der Waals surface area contributed by atoms with Crippen LogP contribution in [0.1, 0.15) is 0 Å². The topological polar surface area (TPSA) is 67.8 Å². The van der Waals surface area contributed by atoms with E-state index < -0.39 is 24.1 Å². The molecule has 0 fully saturated rings. The Hall–Kier alpha value is 2.63. The fourth-order valence-corrected chi connectivity index (χ4v) is 0.566. The number of rotatable bonds is 3. The molecule has 0 aromatic carbocycles. The Morgan fingerprint density at radius 2 is 1.77 bits per heavy atom. The zero-order valence-electron chi connectivity index (χ0n) is 6.01. The van der Waals surface area contributed by atoms with Crippen molar-refractivity contribution in [3.8, 4) is 0 Å². The zero-order valence-corrected chi connectivity index (χ0v) is 15.4. The van der Waals surface area contributed by atoms with Gasteiger partial charge in [-0.05, 0) is 0 Å². The van der Waals surface area contributed by atoms with E-state index in [0.29, 0.717) is 0 Å². The summed E-state index contributed by atoms with van der Waals surface area (Å²) in [6, 6.07) is 0. The second-order valence-corrected chi connectivity index (χ2v) is 36.8. The van der Waals surface area contributed by atoms with Gasteiger partial charge in [0.15, 0.2) is 0 Å². The third-order valence-corrected chi connectivity index (χ3v) is 1.98. The molecule has 0 bridgehead atoms. The summed E-state index contributed by atoms with van der Waals surface area (Å²) in [5.74, 6) is 0. The van der Waals surface area contributed by atoms with Gasteiger partial charge in [0.2, 0.25) is 0 Å². The van der Waals surface area contributed by atoms with Crippen LogP contribution in [0, 0.1) is 0 Å². The molecule has 0 rings (SSSR count). The van der Waals surface area contributed by atoms with Gasteiger partial charge in [0.1, 0.15) is 16.3 Å². The molecule has 0 aromatic rings. The van der Waals surface area contributed by atoms with Crippen LogP contribution in [-0.2, 0) is 12.8 Å². The van der Waals surface area contributed by atoms with Gasteiger partial charge in [-0.15, -0.1) is 0 Å². The second kappa shape index (κ2) is 8.75. The van der Waals surface area contributed by atoms with Gasteiger partial charge in [0.25, 0.3) is 0 Å². The predicted octanol–water partition coefficient (Wildman–Crippen LogP) is 2.94. The van der Waals surface area contributed by atoms with Crippen LogP contribution in [0.4, 0.5) is 0 Å². The molecule has 0 radical (unpaired) electrons. The van der Waals surface area contributed by atoms with Gasteiger partial charge < -0.3 is 4.89 Å². The fourth-order valence-electron chi connectivity index (χ4n) is 0.129. The first kappa shape index (κ1) is 18.0. The molecule has 5 nitrogen and oxygen atoms in total. The Bertz CT molecular complexity index is 172. The first-order valence-electron chi connectivity index (χ1n) is 2.36. The van der Waals surface area contributed by atoms with Gasteiger partial charge in [-0.25, -0.2) is 8.18 Å². The van der Waals surface area contributed by atoms with Crippen molar-refractivity contribution in [3.05, 3.63) is 0 Å². The number of hydroxylamine groups is 1. The van der Waals surface area contributed by atoms with Crippen LogP contribution in [0.25, 0.3) is 0 Å². The third kappa shape index (κ3) is 25.2. The molecule has 0 saturated carbocycles. The first-order valence-corrected chi connectivity index (χ1v) is 23.6. The molecule has 0 heterocycles. The summed E-state index contributed by atoms with van der Waals surface area (Å²) in [5.41, 5.74) is 1.99. The van der Waals surface area contributed by atoms with Gasteiger partial charge in [-0.1, -0.05) is 0 Å². The van der Waals surface area contributed by atoms with E-state index >= 15 is 0 Å². The second-order valence-electron chi connectivity index (χ2n) is 1.26. The summed E-state index contributed by atoms with van der Waals surface area (Å²) >= 11 is -1.10. The summed E-state index contributed by atoms with van der Waals surface area (Å²) in [6.45, 7) is 0. The molecular weight excluding hydrogens is 550 g/mol. The number of nitrogens with one attached hydrogen (secondary N) is 1. The molecule has 0 aliphatic heterocycles. The van der Waals surface area contributed by atoms with Crippen molar-refractivity contribution in [1.29, 1.82) is 0 Å². The van der Waals surface area contributed by atoms with Crippen molar-refractivity contribution in [2.45, 2.75) is 0 Å². The van der Waals surface area contributed by atoms with Crippen LogP contribution in [0.3, 0.4) is 0 Å². The predicted molar refractivity (Wildman–Crippen MR) is 59.1 cm³/mol. The van der Waals surface area contributed by atoms with Gasteiger partial charge in [-0.2, -0.15) is 10.1 Å². The third-order valence-electron chi connectivity index (χ3n) is 0.294. The minimum absolute atomic E-state index is 1.34. The molecule has 0 aromatic heterocycles. The summed E-state index contributed by atoms with van der Waals surface area (Å²) in [7, 11) is 17.7. The van der Waals surface area contributed by atoms with Gasteiger partial charge in [-0.3, -0.25) is 0 Å². The maximum atomic E-state index is 10.2. The molecule has 0 saturated heterocycles. The van der Waals surface area contributed by atoms with Crippen LogP contribution < -0.4 is 5.48 Å². The fraction of sp³-hybridized carbons (Fsp3) is 1.00. The van der Waals surface area contributed by atoms with Crippen LogP contribution in [0.15, 0.2) is 0 Å². The van der Waals surface area contributed by atoms with Gasteiger partial charge in [0.05, 0.1) is 0 Å². The summed E-state index contributed by atoms with van der Waals surface area (Å²) in [4.78, 5) is 8.32. The molecule has 0 aliphatic carbocycles.